The van der Waals surface area contributed by atoms with Crippen molar-refractivity contribution >= 4 is 5.91 Å². The molecular formula is C19H23N3O2. The topological polar surface area (TPSA) is 55.3 Å². The number of ether oxygens (including phenoxy) is 1. The van der Waals surface area contributed by atoms with Gasteiger partial charge in [-0.2, -0.15) is 0 Å². The minimum absolute atomic E-state index is 0.115. The third-order valence-electron chi connectivity index (χ3n) is 4.32. The zero-order valence-corrected chi connectivity index (χ0v) is 13.8. The van der Waals surface area contributed by atoms with Gasteiger partial charge >= 0.3 is 0 Å². The molecule has 0 bridgehead atoms. The van der Waals surface area contributed by atoms with E-state index in [9.17, 15) is 4.79 Å². The fourth-order valence-electron chi connectivity index (χ4n) is 2.96. The van der Waals surface area contributed by atoms with Crippen molar-refractivity contribution in [2.75, 3.05) is 13.1 Å². The zero-order chi connectivity index (χ0) is 16.6. The maximum absolute atomic E-state index is 12.4. The molecule has 1 atom stereocenters. The lowest BCUT2D eigenvalue weighted by Gasteiger charge is -2.32. The second kappa shape index (κ2) is 8.55. The summed E-state index contributed by atoms with van der Waals surface area (Å²) in [6, 6.07) is 7.84. The van der Waals surface area contributed by atoms with Gasteiger partial charge in [0.05, 0.1) is 12.7 Å². The van der Waals surface area contributed by atoms with Crippen LogP contribution < -0.4 is 0 Å². The van der Waals surface area contributed by atoms with Gasteiger partial charge in [-0.25, -0.2) is 0 Å². The molecule has 1 saturated heterocycles. The van der Waals surface area contributed by atoms with Crippen LogP contribution in [0, 0.1) is 0 Å². The van der Waals surface area contributed by atoms with Gasteiger partial charge in [-0.15, -0.1) is 0 Å². The van der Waals surface area contributed by atoms with E-state index in [-0.39, 0.29) is 12.0 Å². The summed E-state index contributed by atoms with van der Waals surface area (Å²) in [4.78, 5) is 22.5. The minimum atomic E-state index is 0.115. The first-order valence-electron chi connectivity index (χ1n) is 8.48. The highest BCUT2D eigenvalue weighted by molar-refractivity contribution is 5.76. The van der Waals surface area contributed by atoms with Gasteiger partial charge in [0.15, 0.2) is 0 Å². The van der Waals surface area contributed by atoms with Gasteiger partial charge in [-0.3, -0.25) is 14.8 Å². The van der Waals surface area contributed by atoms with Crippen molar-refractivity contribution in [2.24, 2.45) is 0 Å². The number of aromatic nitrogens is 2. The Morgan fingerprint density at radius 1 is 1.17 bits per heavy atom. The van der Waals surface area contributed by atoms with Crippen molar-refractivity contribution in [3.8, 4) is 0 Å². The Kier molecular flexibility index (Phi) is 5.90. The van der Waals surface area contributed by atoms with Crippen molar-refractivity contribution < 1.29 is 9.53 Å². The molecule has 0 aromatic carbocycles. The summed E-state index contributed by atoms with van der Waals surface area (Å²) in [5.41, 5.74) is 2.22. The van der Waals surface area contributed by atoms with Crippen LogP contribution in [0.4, 0.5) is 0 Å². The maximum Gasteiger partial charge on any atom is 0.222 e. The van der Waals surface area contributed by atoms with Crippen LogP contribution >= 0.6 is 0 Å². The molecule has 1 aliphatic heterocycles. The smallest absolute Gasteiger partial charge is 0.222 e. The molecule has 0 radical (unpaired) electrons. The Balaban J connectivity index is 1.45. The number of carbonyl (C=O) groups is 1. The number of carbonyl (C=O) groups excluding carboxylic acids is 1. The Bertz CT molecular complexity index is 634. The molecule has 3 rings (SSSR count). The molecule has 1 aliphatic rings. The number of piperidine rings is 1. The number of rotatable bonds is 6. The number of hydrogen-bond acceptors (Lipinski definition) is 4. The van der Waals surface area contributed by atoms with Crippen LogP contribution in [-0.2, 0) is 22.6 Å². The van der Waals surface area contributed by atoms with E-state index in [1.165, 1.54) is 0 Å². The summed E-state index contributed by atoms with van der Waals surface area (Å²) in [6.45, 7) is 2.08. The lowest BCUT2D eigenvalue weighted by Crippen LogP contribution is -2.43. The van der Waals surface area contributed by atoms with Crippen LogP contribution in [-0.4, -0.2) is 40.0 Å². The van der Waals surface area contributed by atoms with Gasteiger partial charge in [0, 0.05) is 44.3 Å². The molecule has 0 N–H and O–H groups in total. The van der Waals surface area contributed by atoms with E-state index in [1.54, 1.807) is 18.6 Å². The van der Waals surface area contributed by atoms with Gasteiger partial charge in [-0.05, 0) is 48.6 Å². The first-order valence-corrected chi connectivity index (χ1v) is 8.48. The quantitative estimate of drug-likeness (QED) is 0.819. The number of likely N-dealkylation sites (tertiary alicyclic amines) is 1. The van der Waals surface area contributed by atoms with Crippen molar-refractivity contribution in [1.82, 2.24) is 14.9 Å². The molecule has 5 heteroatoms. The van der Waals surface area contributed by atoms with Crippen LogP contribution in [0.3, 0.4) is 0 Å². The van der Waals surface area contributed by atoms with E-state index in [0.29, 0.717) is 19.6 Å². The Morgan fingerprint density at radius 3 is 2.83 bits per heavy atom. The summed E-state index contributed by atoms with van der Waals surface area (Å²) >= 11 is 0. The fourth-order valence-corrected chi connectivity index (χ4v) is 2.96. The standard InChI is InChI=1S/C19H23N3O2/c23-19(6-5-16-7-10-20-11-8-16)22-12-2-4-18(14-22)24-15-17-3-1-9-21-13-17/h1,3,7-11,13,18H,2,4-6,12,14-15H2/t18-/m0/s1. The summed E-state index contributed by atoms with van der Waals surface area (Å²) in [5.74, 6) is 0.210. The van der Waals surface area contributed by atoms with Gasteiger partial charge in [0.25, 0.3) is 0 Å². The molecule has 126 valence electrons. The first-order chi connectivity index (χ1) is 11.8. The highest BCUT2D eigenvalue weighted by Gasteiger charge is 2.23. The highest BCUT2D eigenvalue weighted by Crippen LogP contribution is 2.16. The molecule has 5 nitrogen and oxygen atoms in total. The molecule has 0 aliphatic carbocycles. The molecule has 1 amide bonds. The zero-order valence-electron chi connectivity index (χ0n) is 13.8. The summed E-state index contributed by atoms with van der Waals surface area (Å²) < 4.78 is 5.97. The third kappa shape index (κ3) is 4.86. The molecular weight excluding hydrogens is 302 g/mol. The van der Waals surface area contributed by atoms with Crippen LogP contribution in [0.1, 0.15) is 30.4 Å². The van der Waals surface area contributed by atoms with Crippen LogP contribution in [0.2, 0.25) is 0 Å². The Morgan fingerprint density at radius 2 is 2.04 bits per heavy atom. The predicted octanol–water partition coefficient (Wildman–Crippen LogP) is 2.62. The fraction of sp³-hybridized carbons (Fsp3) is 0.421. The molecule has 1 fully saturated rings. The monoisotopic (exact) mass is 325 g/mol. The highest BCUT2D eigenvalue weighted by atomic mass is 16.5. The largest absolute Gasteiger partial charge is 0.372 e. The molecule has 24 heavy (non-hydrogen) atoms. The Hall–Kier alpha value is -2.27. The van der Waals surface area contributed by atoms with Gasteiger partial charge in [0.2, 0.25) is 5.91 Å². The van der Waals surface area contributed by atoms with E-state index < -0.39 is 0 Å². The molecule has 2 aromatic heterocycles. The second-order valence-corrected chi connectivity index (χ2v) is 6.13. The number of pyridine rings is 2. The van der Waals surface area contributed by atoms with Gasteiger partial charge in [-0.1, -0.05) is 6.07 Å². The number of amides is 1. The van der Waals surface area contributed by atoms with Crippen LogP contribution in [0.15, 0.2) is 49.1 Å². The summed E-state index contributed by atoms with van der Waals surface area (Å²) in [6.07, 6.45) is 10.5. The number of hydrogen-bond donors (Lipinski definition) is 0. The average Bonchev–Trinajstić information content (AvgIpc) is 2.66. The van der Waals surface area contributed by atoms with Crippen molar-refractivity contribution in [2.45, 2.75) is 38.4 Å². The Labute approximate surface area is 142 Å². The summed E-state index contributed by atoms with van der Waals surface area (Å²) in [7, 11) is 0. The lowest BCUT2D eigenvalue weighted by atomic mass is 10.1. The molecule has 0 saturated carbocycles. The third-order valence-corrected chi connectivity index (χ3v) is 4.32. The van der Waals surface area contributed by atoms with E-state index in [4.69, 9.17) is 4.74 Å². The van der Waals surface area contributed by atoms with Gasteiger partial charge < -0.3 is 9.64 Å². The van der Waals surface area contributed by atoms with Crippen molar-refractivity contribution in [3.63, 3.8) is 0 Å². The first kappa shape index (κ1) is 16.6. The van der Waals surface area contributed by atoms with Crippen molar-refractivity contribution in [3.05, 3.63) is 60.2 Å². The molecule has 0 unspecified atom stereocenters. The van der Waals surface area contributed by atoms with E-state index >= 15 is 0 Å². The second-order valence-electron chi connectivity index (χ2n) is 6.13. The van der Waals surface area contributed by atoms with Crippen LogP contribution in [0.5, 0.6) is 0 Å². The van der Waals surface area contributed by atoms with Crippen LogP contribution in [0.25, 0.3) is 0 Å². The normalized spacial score (nSPS) is 17.7. The molecule has 3 heterocycles. The predicted molar refractivity (Wildman–Crippen MR) is 91.2 cm³/mol. The molecule has 0 spiro atoms. The van der Waals surface area contributed by atoms with E-state index in [0.717, 1.165) is 36.9 Å². The van der Waals surface area contributed by atoms with Crippen molar-refractivity contribution in [1.29, 1.82) is 0 Å². The maximum atomic E-state index is 12.4. The minimum Gasteiger partial charge on any atom is -0.372 e. The van der Waals surface area contributed by atoms with E-state index in [1.807, 2.05) is 35.4 Å². The summed E-state index contributed by atoms with van der Waals surface area (Å²) in [5, 5.41) is 0. The van der Waals surface area contributed by atoms with E-state index in [2.05, 4.69) is 9.97 Å². The SMILES string of the molecule is O=C(CCc1ccncc1)N1CCC[C@H](OCc2cccnc2)C1. The number of nitrogens with zero attached hydrogens (tertiary/aromatic N) is 3. The average molecular weight is 325 g/mol. The number of aryl methyl sites for hydroxylation is 1. The lowest BCUT2D eigenvalue weighted by molar-refractivity contribution is -0.135. The molecule has 2 aromatic rings. The van der Waals surface area contributed by atoms with Gasteiger partial charge in [0.1, 0.15) is 0 Å².